The van der Waals surface area contributed by atoms with Crippen LogP contribution in [-0.2, 0) is 4.74 Å². The van der Waals surface area contributed by atoms with Gasteiger partial charge in [-0.1, -0.05) is 23.7 Å². The van der Waals surface area contributed by atoms with Gasteiger partial charge >= 0.3 is 0 Å². The zero-order chi connectivity index (χ0) is 8.97. The van der Waals surface area contributed by atoms with Crippen LogP contribution < -0.4 is 0 Å². The van der Waals surface area contributed by atoms with Crippen LogP contribution in [0.2, 0.25) is 5.02 Å². The molecule has 1 nitrogen and oxygen atoms in total. The Hall–Kier alpha value is -0.950. The average Bonchev–Trinajstić information content (AvgIpc) is 2.08. The van der Waals surface area contributed by atoms with Crippen molar-refractivity contribution in [3.63, 3.8) is 0 Å². The lowest BCUT2D eigenvalue weighted by molar-refractivity contribution is 0.341. The van der Waals surface area contributed by atoms with Gasteiger partial charge in [-0.05, 0) is 30.2 Å². The van der Waals surface area contributed by atoms with Gasteiger partial charge in [0.1, 0.15) is 0 Å². The number of ether oxygens (including phenoxy) is 1. The first-order valence-electron chi connectivity index (χ1n) is 3.70. The summed E-state index contributed by atoms with van der Waals surface area (Å²) in [5.74, 6) is 0. The van der Waals surface area contributed by atoms with E-state index in [0.717, 1.165) is 16.1 Å². The maximum absolute atomic E-state index is 5.92. The topological polar surface area (TPSA) is 9.23 Å². The monoisotopic (exact) mass is 182 g/mol. The van der Waals surface area contributed by atoms with E-state index in [1.165, 1.54) is 0 Å². The van der Waals surface area contributed by atoms with Gasteiger partial charge < -0.3 is 4.74 Å². The van der Waals surface area contributed by atoms with E-state index in [1.807, 2.05) is 31.2 Å². The molecule has 2 heteroatoms. The normalized spacial score (nSPS) is 10.6. The summed E-state index contributed by atoms with van der Waals surface area (Å²) in [4.78, 5) is 0. The molecular weight excluding hydrogens is 172 g/mol. The van der Waals surface area contributed by atoms with E-state index in [4.69, 9.17) is 16.3 Å². The van der Waals surface area contributed by atoms with E-state index in [-0.39, 0.29) is 0 Å². The molecule has 0 bridgehead atoms. The standard InChI is InChI=1S/C10H11ClO/c1-8-9(6-7-12-2)4-3-5-10(8)11/h3-7H,1-2H3. The highest BCUT2D eigenvalue weighted by Gasteiger charge is 1.97. The van der Waals surface area contributed by atoms with Gasteiger partial charge in [-0.3, -0.25) is 0 Å². The van der Waals surface area contributed by atoms with E-state index in [9.17, 15) is 0 Å². The van der Waals surface area contributed by atoms with Crippen molar-refractivity contribution in [3.8, 4) is 0 Å². The lowest BCUT2D eigenvalue weighted by Gasteiger charge is -2.01. The first-order valence-corrected chi connectivity index (χ1v) is 4.08. The van der Waals surface area contributed by atoms with Crippen molar-refractivity contribution in [3.05, 3.63) is 40.6 Å². The molecule has 0 fully saturated rings. The second kappa shape index (κ2) is 4.17. The van der Waals surface area contributed by atoms with Gasteiger partial charge in [-0.15, -0.1) is 0 Å². The lowest BCUT2D eigenvalue weighted by atomic mass is 10.1. The number of rotatable bonds is 2. The Balaban J connectivity index is 3.00. The largest absolute Gasteiger partial charge is 0.504 e. The third-order valence-electron chi connectivity index (χ3n) is 1.69. The van der Waals surface area contributed by atoms with E-state index in [0.29, 0.717) is 0 Å². The Morgan fingerprint density at radius 1 is 1.42 bits per heavy atom. The van der Waals surface area contributed by atoms with Crippen molar-refractivity contribution in [2.45, 2.75) is 6.92 Å². The summed E-state index contributed by atoms with van der Waals surface area (Å²) in [5, 5.41) is 0.785. The van der Waals surface area contributed by atoms with Gasteiger partial charge in [0, 0.05) is 5.02 Å². The Bertz CT molecular complexity index is 292. The maximum atomic E-state index is 5.92. The molecule has 1 aromatic rings. The maximum Gasteiger partial charge on any atom is 0.0830 e. The molecule has 0 aliphatic heterocycles. The van der Waals surface area contributed by atoms with Crippen LogP contribution in [0.1, 0.15) is 11.1 Å². The van der Waals surface area contributed by atoms with Crippen LogP contribution in [0.15, 0.2) is 24.5 Å². The fourth-order valence-corrected chi connectivity index (χ4v) is 1.13. The Kier molecular flexibility index (Phi) is 3.18. The fraction of sp³-hybridized carbons (Fsp3) is 0.200. The summed E-state index contributed by atoms with van der Waals surface area (Å²) in [6.07, 6.45) is 3.53. The predicted octanol–water partition coefficient (Wildman–Crippen LogP) is 3.27. The molecule has 0 radical (unpaired) electrons. The van der Waals surface area contributed by atoms with Crippen molar-refractivity contribution >= 4 is 17.7 Å². The first-order chi connectivity index (χ1) is 5.75. The van der Waals surface area contributed by atoms with E-state index >= 15 is 0 Å². The van der Waals surface area contributed by atoms with Crippen LogP contribution >= 0.6 is 11.6 Å². The lowest BCUT2D eigenvalue weighted by Crippen LogP contribution is -1.81. The van der Waals surface area contributed by atoms with Crippen molar-refractivity contribution in [2.24, 2.45) is 0 Å². The zero-order valence-corrected chi connectivity index (χ0v) is 7.93. The summed E-state index contributed by atoms with van der Waals surface area (Å²) >= 11 is 5.92. The van der Waals surface area contributed by atoms with Crippen LogP contribution in [0.5, 0.6) is 0 Å². The molecule has 0 amide bonds. The average molecular weight is 183 g/mol. The Labute approximate surface area is 77.6 Å². The van der Waals surface area contributed by atoms with Crippen molar-refractivity contribution in [1.29, 1.82) is 0 Å². The molecule has 0 N–H and O–H groups in total. The van der Waals surface area contributed by atoms with Crippen LogP contribution in [0, 0.1) is 6.92 Å². The fourth-order valence-electron chi connectivity index (χ4n) is 0.946. The van der Waals surface area contributed by atoms with E-state index in [1.54, 1.807) is 13.4 Å². The summed E-state index contributed by atoms with van der Waals surface area (Å²) in [7, 11) is 1.62. The second-order valence-electron chi connectivity index (χ2n) is 2.49. The minimum absolute atomic E-state index is 0.785. The molecule has 0 spiro atoms. The molecule has 12 heavy (non-hydrogen) atoms. The third kappa shape index (κ3) is 2.02. The minimum atomic E-state index is 0.785. The summed E-state index contributed by atoms with van der Waals surface area (Å²) in [5.41, 5.74) is 2.16. The smallest absolute Gasteiger partial charge is 0.0830 e. The molecule has 1 rings (SSSR count). The molecule has 64 valence electrons. The molecule has 0 saturated heterocycles. The van der Waals surface area contributed by atoms with E-state index in [2.05, 4.69) is 0 Å². The molecule has 0 heterocycles. The minimum Gasteiger partial charge on any atom is -0.504 e. The molecular formula is C10H11ClO. The van der Waals surface area contributed by atoms with E-state index < -0.39 is 0 Å². The number of halogens is 1. The third-order valence-corrected chi connectivity index (χ3v) is 2.10. The van der Waals surface area contributed by atoms with Gasteiger partial charge in [-0.25, -0.2) is 0 Å². The van der Waals surface area contributed by atoms with Crippen LogP contribution in [-0.4, -0.2) is 7.11 Å². The van der Waals surface area contributed by atoms with Crippen LogP contribution in [0.4, 0.5) is 0 Å². The SMILES string of the molecule is COC=Cc1cccc(Cl)c1C. The van der Waals surface area contributed by atoms with Crippen molar-refractivity contribution in [2.75, 3.05) is 7.11 Å². The van der Waals surface area contributed by atoms with Gasteiger partial charge in [-0.2, -0.15) is 0 Å². The number of methoxy groups -OCH3 is 1. The highest BCUT2D eigenvalue weighted by Crippen LogP contribution is 2.19. The molecule has 0 saturated carbocycles. The number of benzene rings is 1. The highest BCUT2D eigenvalue weighted by molar-refractivity contribution is 6.31. The van der Waals surface area contributed by atoms with Crippen LogP contribution in [0.3, 0.4) is 0 Å². The molecule has 0 unspecified atom stereocenters. The first kappa shape index (κ1) is 9.14. The molecule has 0 aliphatic carbocycles. The summed E-state index contributed by atoms with van der Waals surface area (Å²) < 4.78 is 4.82. The number of hydrogen-bond acceptors (Lipinski definition) is 1. The van der Waals surface area contributed by atoms with Crippen LogP contribution in [0.25, 0.3) is 6.08 Å². The van der Waals surface area contributed by atoms with Gasteiger partial charge in [0.25, 0.3) is 0 Å². The molecule has 1 aromatic carbocycles. The molecule has 0 aromatic heterocycles. The van der Waals surface area contributed by atoms with Gasteiger partial charge in [0.05, 0.1) is 13.4 Å². The Morgan fingerprint density at radius 2 is 2.17 bits per heavy atom. The quantitative estimate of drug-likeness (QED) is 0.638. The predicted molar refractivity (Wildman–Crippen MR) is 52.2 cm³/mol. The van der Waals surface area contributed by atoms with Gasteiger partial charge in [0.15, 0.2) is 0 Å². The highest BCUT2D eigenvalue weighted by atomic mass is 35.5. The zero-order valence-electron chi connectivity index (χ0n) is 7.17. The summed E-state index contributed by atoms with van der Waals surface area (Å²) in [6.45, 7) is 1.98. The van der Waals surface area contributed by atoms with Crippen molar-refractivity contribution in [1.82, 2.24) is 0 Å². The van der Waals surface area contributed by atoms with Crippen molar-refractivity contribution < 1.29 is 4.74 Å². The number of hydrogen-bond donors (Lipinski definition) is 0. The summed E-state index contributed by atoms with van der Waals surface area (Å²) in [6, 6.07) is 5.79. The Morgan fingerprint density at radius 3 is 2.83 bits per heavy atom. The second-order valence-corrected chi connectivity index (χ2v) is 2.90. The van der Waals surface area contributed by atoms with Gasteiger partial charge in [0.2, 0.25) is 0 Å². The molecule has 0 aliphatic rings. The molecule has 0 atom stereocenters.